The average molecular weight is 637 g/mol. The van der Waals surface area contributed by atoms with E-state index >= 15 is 0 Å². The van der Waals surface area contributed by atoms with Crippen LogP contribution in [0.3, 0.4) is 0 Å². The van der Waals surface area contributed by atoms with Crippen molar-refractivity contribution in [3.05, 3.63) is 24.3 Å². The number of aliphatic hydroxyl groups excluding tert-OH is 2. The molecule has 0 spiro atoms. The first-order chi connectivity index (χ1) is 21.9. The molecule has 0 aromatic rings. The van der Waals surface area contributed by atoms with E-state index in [1.165, 1.54) is 38.5 Å². The number of carbonyl (C=O) groups is 2. The molecule has 0 aromatic carbocycles. The second-order valence-corrected chi connectivity index (χ2v) is 13.0. The lowest BCUT2D eigenvalue weighted by atomic mass is 10.1. The quantitative estimate of drug-likeness (QED) is 0.0423. The van der Waals surface area contributed by atoms with Gasteiger partial charge in [-0.3, -0.25) is 9.59 Å². The summed E-state index contributed by atoms with van der Waals surface area (Å²) in [5, 5.41) is 20.0. The molecule has 0 rings (SSSR count). The minimum atomic E-state index is -0.418. The summed E-state index contributed by atoms with van der Waals surface area (Å²) >= 11 is 0. The Morgan fingerprint density at radius 2 is 0.978 bits per heavy atom. The molecule has 0 aliphatic heterocycles. The summed E-state index contributed by atoms with van der Waals surface area (Å²) in [6.07, 6.45) is 34.2. The summed E-state index contributed by atoms with van der Waals surface area (Å²) in [7, 11) is 0. The van der Waals surface area contributed by atoms with Gasteiger partial charge in [0.25, 0.3) is 0 Å². The van der Waals surface area contributed by atoms with Gasteiger partial charge in [-0.05, 0) is 71.1 Å². The van der Waals surface area contributed by atoms with Gasteiger partial charge in [0.15, 0.2) is 0 Å². The van der Waals surface area contributed by atoms with Crippen molar-refractivity contribution in [3.63, 3.8) is 0 Å². The summed E-state index contributed by atoms with van der Waals surface area (Å²) in [6.45, 7) is 6.30. The van der Waals surface area contributed by atoms with Crippen LogP contribution in [0, 0.1) is 0 Å². The molecule has 264 valence electrons. The van der Waals surface area contributed by atoms with E-state index in [4.69, 9.17) is 9.47 Å². The first-order valence-corrected chi connectivity index (χ1v) is 18.9. The minimum Gasteiger partial charge on any atom is -0.462 e. The van der Waals surface area contributed by atoms with Crippen LogP contribution in [0.4, 0.5) is 0 Å². The second-order valence-electron chi connectivity index (χ2n) is 13.0. The molecule has 0 saturated carbocycles. The normalized spacial score (nSPS) is 13.8. The molecule has 0 heterocycles. The SMILES string of the molecule is CCCCCC[C@@H](O)C/C=C\CCCCCCCC(=O)OCC(C)OC(=O)CCCCCCC/C=C\C[C@H](O)CCCCCC. The van der Waals surface area contributed by atoms with Gasteiger partial charge in [-0.25, -0.2) is 0 Å². The van der Waals surface area contributed by atoms with Crippen LogP contribution in [0.1, 0.15) is 188 Å². The predicted octanol–water partition coefficient (Wildman–Crippen LogP) is 10.5. The zero-order chi connectivity index (χ0) is 33.2. The van der Waals surface area contributed by atoms with Crippen LogP contribution in [-0.4, -0.2) is 47.1 Å². The zero-order valence-electron chi connectivity index (χ0n) is 29.7. The molecule has 6 heteroatoms. The van der Waals surface area contributed by atoms with E-state index in [-0.39, 0.29) is 30.8 Å². The molecule has 3 atom stereocenters. The monoisotopic (exact) mass is 637 g/mol. The molecule has 0 radical (unpaired) electrons. The molecule has 0 aliphatic rings. The third kappa shape index (κ3) is 33.5. The molecule has 0 aliphatic carbocycles. The Hall–Kier alpha value is -1.66. The molecule has 0 saturated heterocycles. The third-order valence-electron chi connectivity index (χ3n) is 8.25. The van der Waals surface area contributed by atoms with E-state index < -0.39 is 6.10 Å². The van der Waals surface area contributed by atoms with E-state index in [9.17, 15) is 19.8 Å². The highest BCUT2D eigenvalue weighted by molar-refractivity contribution is 5.70. The molecule has 6 nitrogen and oxygen atoms in total. The topological polar surface area (TPSA) is 93.1 Å². The van der Waals surface area contributed by atoms with Crippen molar-refractivity contribution in [2.45, 2.75) is 206 Å². The van der Waals surface area contributed by atoms with Crippen molar-refractivity contribution in [1.82, 2.24) is 0 Å². The number of carbonyl (C=O) groups excluding carboxylic acids is 2. The number of rotatable bonds is 33. The van der Waals surface area contributed by atoms with Gasteiger partial charge in [0, 0.05) is 12.8 Å². The summed E-state index contributed by atoms with van der Waals surface area (Å²) in [4.78, 5) is 24.1. The fourth-order valence-electron chi connectivity index (χ4n) is 5.32. The average Bonchev–Trinajstić information content (AvgIpc) is 3.02. The Kier molecular flexibility index (Phi) is 32.5. The number of hydrogen-bond donors (Lipinski definition) is 2. The number of aliphatic hydroxyl groups is 2. The first-order valence-electron chi connectivity index (χ1n) is 18.9. The largest absolute Gasteiger partial charge is 0.462 e. The first kappa shape index (κ1) is 43.3. The molecule has 0 fully saturated rings. The highest BCUT2D eigenvalue weighted by Crippen LogP contribution is 2.13. The fraction of sp³-hybridized carbons (Fsp3) is 0.846. The number of esters is 2. The van der Waals surface area contributed by atoms with E-state index in [0.717, 1.165) is 116 Å². The van der Waals surface area contributed by atoms with Gasteiger partial charge < -0.3 is 19.7 Å². The molecule has 0 aromatic heterocycles. The molecule has 0 amide bonds. The molecular formula is C39H72O6. The smallest absolute Gasteiger partial charge is 0.306 e. The van der Waals surface area contributed by atoms with Crippen LogP contribution < -0.4 is 0 Å². The van der Waals surface area contributed by atoms with Crippen molar-refractivity contribution < 1.29 is 29.3 Å². The lowest BCUT2D eigenvalue weighted by molar-refractivity contribution is -0.158. The summed E-state index contributed by atoms with van der Waals surface area (Å²) in [5.41, 5.74) is 0. The molecule has 45 heavy (non-hydrogen) atoms. The summed E-state index contributed by atoms with van der Waals surface area (Å²) < 4.78 is 10.7. The van der Waals surface area contributed by atoms with Crippen LogP contribution in [0.2, 0.25) is 0 Å². The number of allylic oxidation sites excluding steroid dienone is 2. The van der Waals surface area contributed by atoms with Crippen molar-refractivity contribution >= 4 is 11.9 Å². The van der Waals surface area contributed by atoms with Gasteiger partial charge in [-0.2, -0.15) is 0 Å². The van der Waals surface area contributed by atoms with Gasteiger partial charge >= 0.3 is 11.9 Å². The number of unbranched alkanes of at least 4 members (excludes halogenated alkanes) is 16. The van der Waals surface area contributed by atoms with Crippen LogP contribution in [0.15, 0.2) is 24.3 Å². The van der Waals surface area contributed by atoms with E-state index in [1.807, 2.05) is 0 Å². The summed E-state index contributed by atoms with van der Waals surface area (Å²) in [5.74, 6) is -0.439. The Labute approximate surface area is 277 Å². The van der Waals surface area contributed by atoms with Crippen LogP contribution >= 0.6 is 0 Å². The maximum atomic E-state index is 12.1. The second kappa shape index (κ2) is 33.7. The fourth-order valence-corrected chi connectivity index (χ4v) is 5.32. The van der Waals surface area contributed by atoms with Gasteiger partial charge in [0.1, 0.15) is 12.7 Å². The standard InChI is InChI=1S/C39H72O6/c1-4-6-8-22-28-36(40)30-24-18-14-10-12-16-20-26-32-38(42)44-34-35(3)45-39(43)33-27-21-17-13-11-15-19-25-31-37(41)29-23-9-7-5-2/h18-19,24-25,35-37,40-41H,4-17,20-23,26-34H2,1-3H3/b24-18-,25-19-/t35?,36-,37-/m1/s1. The zero-order valence-corrected chi connectivity index (χ0v) is 29.7. The number of ether oxygens (including phenoxy) is 2. The van der Waals surface area contributed by atoms with Crippen molar-refractivity contribution in [2.75, 3.05) is 6.61 Å². The van der Waals surface area contributed by atoms with Crippen molar-refractivity contribution in [3.8, 4) is 0 Å². The van der Waals surface area contributed by atoms with E-state index in [1.54, 1.807) is 6.92 Å². The highest BCUT2D eigenvalue weighted by atomic mass is 16.6. The third-order valence-corrected chi connectivity index (χ3v) is 8.25. The van der Waals surface area contributed by atoms with E-state index in [0.29, 0.717) is 12.8 Å². The van der Waals surface area contributed by atoms with Crippen LogP contribution in [-0.2, 0) is 19.1 Å². The van der Waals surface area contributed by atoms with Gasteiger partial charge in [0.05, 0.1) is 12.2 Å². The maximum Gasteiger partial charge on any atom is 0.306 e. The van der Waals surface area contributed by atoms with Gasteiger partial charge in [0.2, 0.25) is 0 Å². The van der Waals surface area contributed by atoms with Gasteiger partial charge in [-0.15, -0.1) is 0 Å². The lowest BCUT2D eigenvalue weighted by Gasteiger charge is -2.13. The Morgan fingerprint density at radius 1 is 0.556 bits per heavy atom. The predicted molar refractivity (Wildman–Crippen MR) is 188 cm³/mol. The van der Waals surface area contributed by atoms with Crippen LogP contribution in [0.5, 0.6) is 0 Å². The number of hydrogen-bond acceptors (Lipinski definition) is 6. The Morgan fingerprint density at radius 3 is 1.47 bits per heavy atom. The van der Waals surface area contributed by atoms with E-state index in [2.05, 4.69) is 38.2 Å². The summed E-state index contributed by atoms with van der Waals surface area (Å²) in [6, 6.07) is 0. The Bertz CT molecular complexity index is 718. The minimum absolute atomic E-state index is 0.119. The Balaban J connectivity index is 3.56. The highest BCUT2D eigenvalue weighted by Gasteiger charge is 2.12. The molecule has 0 bridgehead atoms. The lowest BCUT2D eigenvalue weighted by Crippen LogP contribution is -2.22. The van der Waals surface area contributed by atoms with Crippen molar-refractivity contribution in [2.24, 2.45) is 0 Å². The molecule has 2 N–H and O–H groups in total. The molecular weight excluding hydrogens is 564 g/mol. The maximum absolute atomic E-state index is 12.1. The molecule has 1 unspecified atom stereocenters. The van der Waals surface area contributed by atoms with Crippen LogP contribution in [0.25, 0.3) is 0 Å². The van der Waals surface area contributed by atoms with Crippen molar-refractivity contribution in [1.29, 1.82) is 0 Å². The van der Waals surface area contributed by atoms with Gasteiger partial charge in [-0.1, -0.05) is 128 Å².